The Morgan fingerprint density at radius 2 is 1.93 bits per heavy atom. The lowest BCUT2D eigenvalue weighted by atomic mass is 9.82. The molecule has 5 rings (SSSR count). The highest BCUT2D eigenvalue weighted by Crippen LogP contribution is 2.47. The number of nitrogens with one attached hydrogen (secondary N) is 1. The number of nitrogens with zero attached hydrogens (tertiary/aromatic N) is 3. The van der Waals surface area contributed by atoms with E-state index in [-0.39, 0.29) is 29.9 Å². The van der Waals surface area contributed by atoms with Gasteiger partial charge in [-0.1, -0.05) is 18.2 Å². The highest BCUT2D eigenvalue weighted by atomic mass is 127. The molecule has 0 aliphatic carbocycles. The van der Waals surface area contributed by atoms with Crippen LogP contribution in [0.2, 0.25) is 0 Å². The minimum absolute atomic E-state index is 0. The maximum absolute atomic E-state index is 12.3. The first-order valence-corrected chi connectivity index (χ1v) is 10.3. The Morgan fingerprint density at radius 3 is 2.64 bits per heavy atom. The molecule has 1 N–H and O–H groups in total. The summed E-state index contributed by atoms with van der Waals surface area (Å²) in [6, 6.07) is 8.07. The maximum atomic E-state index is 12.3. The summed E-state index contributed by atoms with van der Waals surface area (Å²) in [6.45, 7) is 6.32. The first-order valence-electron chi connectivity index (χ1n) is 10.3. The number of hydrogen-bond acceptors (Lipinski definition) is 3. The zero-order valence-electron chi connectivity index (χ0n) is 16.3. The van der Waals surface area contributed by atoms with Gasteiger partial charge in [-0.05, 0) is 31.4 Å². The minimum Gasteiger partial charge on any atom is -0.374 e. The third-order valence-corrected chi connectivity index (χ3v) is 6.60. The van der Waals surface area contributed by atoms with Crippen molar-refractivity contribution in [1.29, 1.82) is 0 Å². The third kappa shape index (κ3) is 3.40. The number of likely N-dealkylation sites (tertiary alicyclic amines) is 1. The van der Waals surface area contributed by atoms with Crippen molar-refractivity contribution < 1.29 is 9.53 Å². The van der Waals surface area contributed by atoms with E-state index in [4.69, 9.17) is 9.73 Å². The molecular weight excluding hydrogens is 467 g/mol. The number of anilines is 1. The van der Waals surface area contributed by atoms with Crippen LogP contribution in [0.1, 0.15) is 25.3 Å². The monoisotopic (exact) mass is 496 g/mol. The summed E-state index contributed by atoms with van der Waals surface area (Å²) in [6.07, 6.45) is 3.89. The van der Waals surface area contributed by atoms with Crippen LogP contribution in [-0.2, 0) is 16.0 Å². The van der Waals surface area contributed by atoms with Crippen LogP contribution in [0.15, 0.2) is 29.3 Å². The summed E-state index contributed by atoms with van der Waals surface area (Å²) >= 11 is 0. The number of aliphatic imine (C=N–C) groups is 1. The normalized spacial score (nSPS) is 30.5. The number of fused-ring (bicyclic) bond motifs is 6. The van der Waals surface area contributed by atoms with Crippen molar-refractivity contribution in [2.45, 2.75) is 38.4 Å². The molecule has 7 heteroatoms. The Labute approximate surface area is 183 Å². The molecule has 4 heterocycles. The van der Waals surface area contributed by atoms with Crippen LogP contribution in [0.25, 0.3) is 0 Å². The fourth-order valence-electron chi connectivity index (χ4n) is 5.38. The van der Waals surface area contributed by atoms with Gasteiger partial charge in [-0.3, -0.25) is 9.79 Å². The van der Waals surface area contributed by atoms with Gasteiger partial charge in [0.25, 0.3) is 0 Å². The molecule has 1 amide bonds. The molecule has 0 spiro atoms. The second kappa shape index (κ2) is 8.18. The molecule has 0 radical (unpaired) electrons. The van der Waals surface area contributed by atoms with Crippen molar-refractivity contribution >= 4 is 41.5 Å². The molecule has 3 fully saturated rings. The van der Waals surface area contributed by atoms with Crippen LogP contribution < -0.4 is 10.2 Å². The number of benzene rings is 1. The molecule has 1 aromatic carbocycles. The van der Waals surface area contributed by atoms with E-state index in [1.807, 2.05) is 29.2 Å². The first-order chi connectivity index (χ1) is 13.2. The molecule has 0 aromatic heterocycles. The third-order valence-electron chi connectivity index (χ3n) is 6.60. The molecule has 0 saturated carbocycles. The van der Waals surface area contributed by atoms with Gasteiger partial charge in [-0.2, -0.15) is 0 Å². The average molecular weight is 496 g/mol. The Balaban J connectivity index is 0.00000192. The van der Waals surface area contributed by atoms with Gasteiger partial charge in [-0.25, -0.2) is 0 Å². The number of hydrogen-bond donors (Lipinski definition) is 1. The van der Waals surface area contributed by atoms with E-state index in [0.29, 0.717) is 43.6 Å². The predicted molar refractivity (Wildman–Crippen MR) is 120 cm³/mol. The highest BCUT2D eigenvalue weighted by molar-refractivity contribution is 14.0. The van der Waals surface area contributed by atoms with Crippen molar-refractivity contribution in [3.8, 4) is 0 Å². The first kappa shape index (κ1) is 19.9. The summed E-state index contributed by atoms with van der Waals surface area (Å²) < 4.78 is 6.09. The van der Waals surface area contributed by atoms with Gasteiger partial charge in [0, 0.05) is 43.7 Å². The lowest BCUT2D eigenvalue weighted by molar-refractivity contribution is -0.117. The Hall–Kier alpha value is -1.35. The van der Waals surface area contributed by atoms with Gasteiger partial charge in [0.1, 0.15) is 0 Å². The molecule has 4 unspecified atom stereocenters. The summed E-state index contributed by atoms with van der Waals surface area (Å²) in [4.78, 5) is 21.5. The standard InChI is InChI=1S/C21H28N4O2.HI/c1-2-22-21(24-12-15-16(13-24)19-8-7-18(15)27-19)23-9-10-25-17-6-4-3-5-14(17)11-20(25)26;/h3-6,15-16,18-19H,2,7-13H2,1H3,(H,22,23);1H. The highest BCUT2D eigenvalue weighted by Gasteiger charge is 2.53. The van der Waals surface area contributed by atoms with Gasteiger partial charge >= 0.3 is 0 Å². The Morgan fingerprint density at radius 1 is 1.21 bits per heavy atom. The molecule has 3 saturated heterocycles. The lowest BCUT2D eigenvalue weighted by Crippen LogP contribution is -2.42. The fourth-order valence-corrected chi connectivity index (χ4v) is 5.38. The quantitative estimate of drug-likeness (QED) is 0.395. The molecule has 4 atom stereocenters. The van der Waals surface area contributed by atoms with E-state index in [9.17, 15) is 4.79 Å². The van der Waals surface area contributed by atoms with Crippen molar-refractivity contribution in [2.75, 3.05) is 37.6 Å². The van der Waals surface area contributed by atoms with Crippen LogP contribution in [0.5, 0.6) is 0 Å². The van der Waals surface area contributed by atoms with Crippen LogP contribution in [0.3, 0.4) is 0 Å². The number of carbonyl (C=O) groups excluding carboxylic acids is 1. The largest absolute Gasteiger partial charge is 0.374 e. The van der Waals surface area contributed by atoms with E-state index in [0.717, 1.165) is 36.8 Å². The number of para-hydroxylation sites is 1. The average Bonchev–Trinajstić information content (AvgIpc) is 3.42. The van der Waals surface area contributed by atoms with Crippen LogP contribution >= 0.6 is 24.0 Å². The number of guanidine groups is 1. The summed E-state index contributed by atoms with van der Waals surface area (Å²) in [5.74, 6) is 2.51. The lowest BCUT2D eigenvalue weighted by Gasteiger charge is -2.24. The van der Waals surface area contributed by atoms with Gasteiger partial charge < -0.3 is 19.9 Å². The SMILES string of the molecule is CCNC(=NCCN1C(=O)Cc2ccccc21)N1CC2C3CCC(O3)C2C1.I. The van der Waals surface area contributed by atoms with Crippen molar-refractivity contribution in [1.82, 2.24) is 10.2 Å². The van der Waals surface area contributed by atoms with Crippen LogP contribution in [-0.4, -0.2) is 61.7 Å². The molecule has 6 nitrogen and oxygen atoms in total. The zero-order chi connectivity index (χ0) is 18.4. The molecule has 152 valence electrons. The van der Waals surface area contributed by atoms with Gasteiger partial charge in [0.2, 0.25) is 5.91 Å². The molecule has 2 bridgehead atoms. The van der Waals surface area contributed by atoms with Gasteiger partial charge in [0.05, 0.1) is 25.2 Å². The van der Waals surface area contributed by atoms with Gasteiger partial charge in [-0.15, -0.1) is 24.0 Å². The van der Waals surface area contributed by atoms with E-state index in [1.165, 1.54) is 12.8 Å². The molecular formula is C21H29IN4O2. The van der Waals surface area contributed by atoms with Crippen molar-refractivity contribution in [3.63, 3.8) is 0 Å². The topological polar surface area (TPSA) is 57.2 Å². The Bertz CT molecular complexity index is 753. The predicted octanol–water partition coefficient (Wildman–Crippen LogP) is 2.27. The molecule has 1 aromatic rings. The van der Waals surface area contributed by atoms with Crippen LogP contribution in [0.4, 0.5) is 5.69 Å². The number of halogens is 1. The number of rotatable bonds is 4. The van der Waals surface area contributed by atoms with E-state index >= 15 is 0 Å². The van der Waals surface area contributed by atoms with Crippen molar-refractivity contribution in [3.05, 3.63) is 29.8 Å². The zero-order valence-corrected chi connectivity index (χ0v) is 18.7. The van der Waals surface area contributed by atoms with E-state index < -0.39 is 0 Å². The fraction of sp³-hybridized carbons (Fsp3) is 0.619. The summed E-state index contributed by atoms with van der Waals surface area (Å²) in [7, 11) is 0. The van der Waals surface area contributed by atoms with E-state index in [2.05, 4.69) is 17.1 Å². The second-order valence-electron chi connectivity index (χ2n) is 8.11. The second-order valence-corrected chi connectivity index (χ2v) is 8.11. The summed E-state index contributed by atoms with van der Waals surface area (Å²) in [5, 5.41) is 3.45. The van der Waals surface area contributed by atoms with Crippen LogP contribution in [0, 0.1) is 11.8 Å². The maximum Gasteiger partial charge on any atom is 0.231 e. The molecule has 4 aliphatic heterocycles. The van der Waals surface area contributed by atoms with Crippen molar-refractivity contribution in [2.24, 2.45) is 16.8 Å². The molecule has 4 aliphatic rings. The number of carbonyl (C=O) groups is 1. The van der Waals surface area contributed by atoms with E-state index in [1.54, 1.807) is 0 Å². The minimum atomic E-state index is 0. The Kier molecular flexibility index (Phi) is 5.83. The number of amides is 1. The molecule has 28 heavy (non-hydrogen) atoms. The van der Waals surface area contributed by atoms with Gasteiger partial charge in [0.15, 0.2) is 5.96 Å². The smallest absolute Gasteiger partial charge is 0.231 e. The number of ether oxygens (including phenoxy) is 1. The summed E-state index contributed by atoms with van der Waals surface area (Å²) in [5.41, 5.74) is 2.17.